The van der Waals surface area contributed by atoms with Crippen LogP contribution in [0.1, 0.15) is 89.6 Å². The summed E-state index contributed by atoms with van der Waals surface area (Å²) >= 11 is 0.505. The van der Waals surface area contributed by atoms with E-state index in [-0.39, 0.29) is 42.5 Å². The normalized spacial score (nSPS) is 22.9. The van der Waals surface area contributed by atoms with E-state index < -0.39 is 61.9 Å². The van der Waals surface area contributed by atoms with Crippen LogP contribution in [0.25, 0.3) is 22.3 Å². The zero-order valence-electron chi connectivity index (χ0n) is 30.3. The number of imidazole rings is 1. The Hall–Kier alpha value is -4.03. The Morgan fingerprint density at radius 1 is 1.15 bits per heavy atom. The van der Waals surface area contributed by atoms with Crippen LogP contribution in [0, 0.1) is 11.8 Å². The third-order valence-electron chi connectivity index (χ3n) is 10.5. The molecule has 54 heavy (non-hydrogen) atoms. The molecule has 1 aromatic carbocycles. The molecule has 3 fully saturated rings. The number of halogens is 3. The number of unbranched alkanes of at least 4 members (excludes halogenated alkanes) is 3. The fourth-order valence-electron chi connectivity index (χ4n) is 6.87. The molecule has 1 saturated heterocycles. The first-order valence-corrected chi connectivity index (χ1v) is 20.6. The first-order chi connectivity index (χ1) is 25.4. The van der Waals surface area contributed by atoms with Crippen LogP contribution >= 0.6 is 11.3 Å². The van der Waals surface area contributed by atoms with Crippen molar-refractivity contribution in [3.05, 3.63) is 40.7 Å². The van der Waals surface area contributed by atoms with Crippen LogP contribution < -0.4 is 20.9 Å². The van der Waals surface area contributed by atoms with Gasteiger partial charge in [-0.25, -0.2) is 13.4 Å². The number of ether oxygens (including phenoxy) is 1. The summed E-state index contributed by atoms with van der Waals surface area (Å²) in [5.41, 5.74) is 13.6. The lowest BCUT2D eigenvalue weighted by Crippen LogP contribution is -2.50. The van der Waals surface area contributed by atoms with E-state index in [0.717, 1.165) is 19.3 Å². The average molecular weight is 794 g/mol. The Labute approximate surface area is 315 Å². The summed E-state index contributed by atoms with van der Waals surface area (Å²) < 4.78 is 74.1. The number of primary amides is 1. The molecule has 294 valence electrons. The van der Waals surface area contributed by atoms with E-state index in [9.17, 15) is 36.0 Å². The number of likely N-dealkylation sites (tertiary alicyclic amines) is 1. The number of nitrogens with two attached hydrogens (primary N) is 2. The zero-order valence-corrected chi connectivity index (χ0v) is 32.0. The van der Waals surface area contributed by atoms with E-state index in [2.05, 4.69) is 14.7 Å². The van der Waals surface area contributed by atoms with Crippen molar-refractivity contribution in [1.82, 2.24) is 24.2 Å². The maximum absolute atomic E-state index is 13.5. The predicted molar refractivity (Wildman–Crippen MR) is 196 cm³/mol. The lowest BCUT2D eigenvalue weighted by molar-refractivity contribution is -0.138. The summed E-state index contributed by atoms with van der Waals surface area (Å²) in [5.74, 6) is -1.82. The predicted octanol–water partition coefficient (Wildman–Crippen LogP) is 5.06. The molecule has 3 heterocycles. The Morgan fingerprint density at radius 2 is 1.89 bits per heavy atom. The van der Waals surface area contributed by atoms with Gasteiger partial charge in [-0.1, -0.05) is 37.1 Å². The van der Waals surface area contributed by atoms with Gasteiger partial charge in [-0.3, -0.25) is 23.7 Å². The van der Waals surface area contributed by atoms with Gasteiger partial charge in [0.1, 0.15) is 17.7 Å². The second-order valence-electron chi connectivity index (χ2n) is 15.0. The van der Waals surface area contributed by atoms with Gasteiger partial charge in [-0.15, -0.1) is 11.3 Å². The first-order valence-electron chi connectivity index (χ1n) is 18.2. The Bertz CT molecular complexity index is 2040. The summed E-state index contributed by atoms with van der Waals surface area (Å²) in [5, 5.41) is 0.382. The number of sulfonamides is 1. The van der Waals surface area contributed by atoms with Crippen molar-refractivity contribution in [3.63, 3.8) is 0 Å². The van der Waals surface area contributed by atoms with Crippen LogP contribution in [-0.2, 0) is 30.6 Å². The Morgan fingerprint density at radius 3 is 2.54 bits per heavy atom. The zero-order chi connectivity index (χ0) is 39.2. The molecule has 18 heteroatoms. The van der Waals surface area contributed by atoms with Crippen molar-refractivity contribution in [2.45, 2.75) is 114 Å². The number of amides is 3. The quantitative estimate of drug-likeness (QED) is 0.131. The third-order valence-corrected chi connectivity index (χ3v) is 13.5. The molecule has 2 aliphatic carbocycles. The maximum Gasteiger partial charge on any atom is 0.443 e. The minimum atomic E-state index is -4.57. The molecule has 1 aliphatic heterocycles. The lowest BCUT2D eigenvalue weighted by atomic mass is 10.1. The molecular formula is C36H46F3N7O6S2. The van der Waals surface area contributed by atoms with Gasteiger partial charge in [-0.05, 0) is 71.3 Å². The molecule has 5 atom stereocenters. The summed E-state index contributed by atoms with van der Waals surface area (Å²) in [6, 6.07) is 3.39. The van der Waals surface area contributed by atoms with Crippen molar-refractivity contribution in [2.75, 3.05) is 6.54 Å². The number of nitrogens with one attached hydrogen (secondary N) is 1. The Balaban J connectivity index is 1.00. The van der Waals surface area contributed by atoms with Crippen molar-refractivity contribution in [3.8, 4) is 17.3 Å². The van der Waals surface area contributed by atoms with E-state index in [4.69, 9.17) is 16.2 Å². The number of rotatable bonds is 16. The van der Waals surface area contributed by atoms with Crippen molar-refractivity contribution >= 4 is 50.1 Å². The fraction of sp³-hybridized carbons (Fsp3) is 0.583. The number of benzene rings is 1. The molecule has 2 aromatic heterocycles. The van der Waals surface area contributed by atoms with Gasteiger partial charge in [0.25, 0.3) is 6.01 Å². The molecule has 0 spiro atoms. The number of carbonyl (C=O) groups is 3. The lowest BCUT2D eigenvalue weighted by Gasteiger charge is -2.25. The minimum absolute atomic E-state index is 0.0327. The standard InChI is InChI=1S/C36H46F3N7O6S2/c1-20(2)46-27-13-9-11-23(26-19-53-33(42-26)36(37,38)39)29(27)43-34(46)52-22-17-28(30(41)47)45(18-22)32(49)25(40)12-8-6-4-5-7-10-21-16-24(21)31(48)44-54(50,51)35(3)14-15-35/h7,9-11,13,19-22,24-25,28H,4-6,8,12,14-18,40H2,1-3H3,(H2,41,47)(H,44,48)/b10-7-/t21-,22-,24+,25+,28+/m1/s1. The summed E-state index contributed by atoms with van der Waals surface area (Å²) in [7, 11) is -3.63. The van der Waals surface area contributed by atoms with Crippen molar-refractivity contribution in [2.24, 2.45) is 23.3 Å². The van der Waals surface area contributed by atoms with E-state index in [1.54, 1.807) is 25.1 Å². The number of carbonyl (C=O) groups excluding carboxylic acids is 3. The molecule has 3 aliphatic rings. The van der Waals surface area contributed by atoms with Gasteiger partial charge in [0, 0.05) is 29.3 Å². The highest BCUT2D eigenvalue weighted by molar-refractivity contribution is 7.91. The molecule has 6 rings (SSSR count). The van der Waals surface area contributed by atoms with Crippen LogP contribution in [0.5, 0.6) is 6.01 Å². The molecule has 0 unspecified atom stereocenters. The monoisotopic (exact) mass is 793 g/mol. The van der Waals surface area contributed by atoms with E-state index in [1.807, 2.05) is 30.6 Å². The number of alkyl halides is 3. The number of aromatic nitrogens is 3. The van der Waals surface area contributed by atoms with E-state index >= 15 is 0 Å². The second-order valence-corrected chi connectivity index (χ2v) is 18.1. The van der Waals surface area contributed by atoms with Crippen LogP contribution in [-0.4, -0.2) is 75.1 Å². The van der Waals surface area contributed by atoms with Gasteiger partial charge >= 0.3 is 6.18 Å². The molecule has 0 bridgehead atoms. The molecular weight excluding hydrogens is 748 g/mol. The highest BCUT2D eigenvalue weighted by atomic mass is 32.2. The van der Waals surface area contributed by atoms with E-state index in [0.29, 0.717) is 60.0 Å². The molecule has 0 radical (unpaired) electrons. The number of allylic oxidation sites excluding steroid dienone is 2. The number of hydrogen-bond acceptors (Lipinski definition) is 10. The fourth-order valence-corrected chi connectivity index (χ4v) is 8.86. The van der Waals surface area contributed by atoms with Crippen LogP contribution in [0.3, 0.4) is 0 Å². The molecule has 2 saturated carbocycles. The summed E-state index contributed by atoms with van der Waals surface area (Å²) in [4.78, 5) is 48.2. The first kappa shape index (κ1) is 39.7. The SMILES string of the molecule is CC(C)n1c(O[C@@H]2C[C@@H](C(N)=O)N(C(=O)[C@@H](N)CCCCC/C=C\[C@@H]3C[C@@H]3C(=O)NS(=O)(=O)C3(C)CC3)C2)nc2c(-c3csc(C(F)(F)F)n3)cccc21. The number of fused-ring (bicyclic) bond motifs is 1. The minimum Gasteiger partial charge on any atom is -0.459 e. The van der Waals surface area contributed by atoms with Crippen LogP contribution in [0.15, 0.2) is 35.7 Å². The van der Waals surface area contributed by atoms with Crippen LogP contribution in [0.2, 0.25) is 0 Å². The van der Waals surface area contributed by atoms with E-state index in [1.165, 1.54) is 10.3 Å². The topological polar surface area (TPSA) is 193 Å². The summed E-state index contributed by atoms with van der Waals surface area (Å²) in [6.07, 6.45) is 4.08. The largest absolute Gasteiger partial charge is 0.459 e. The number of thiazole rings is 1. The van der Waals surface area contributed by atoms with Gasteiger partial charge in [0.05, 0.1) is 28.5 Å². The number of para-hydroxylation sites is 1. The second kappa shape index (κ2) is 15.2. The third kappa shape index (κ3) is 8.44. The van der Waals surface area contributed by atoms with Gasteiger partial charge in [0.2, 0.25) is 27.7 Å². The average Bonchev–Trinajstić information content (AvgIpc) is 3.84. The van der Waals surface area contributed by atoms with Gasteiger partial charge in [0.15, 0.2) is 5.01 Å². The van der Waals surface area contributed by atoms with Crippen molar-refractivity contribution in [1.29, 1.82) is 0 Å². The summed E-state index contributed by atoms with van der Waals surface area (Å²) in [6.45, 7) is 5.51. The van der Waals surface area contributed by atoms with Gasteiger partial charge in [-0.2, -0.15) is 18.2 Å². The number of nitrogens with zero attached hydrogens (tertiary/aromatic N) is 4. The van der Waals surface area contributed by atoms with Crippen molar-refractivity contribution < 1.29 is 40.7 Å². The Kier molecular flexibility index (Phi) is 11.2. The molecule has 13 nitrogen and oxygen atoms in total. The maximum atomic E-state index is 13.5. The molecule has 3 aromatic rings. The molecule has 5 N–H and O–H groups in total. The van der Waals surface area contributed by atoms with Crippen LogP contribution in [0.4, 0.5) is 13.2 Å². The smallest absolute Gasteiger partial charge is 0.443 e. The molecule has 3 amide bonds. The highest BCUT2D eigenvalue weighted by Gasteiger charge is 2.52. The highest BCUT2D eigenvalue weighted by Crippen LogP contribution is 2.44. The van der Waals surface area contributed by atoms with Gasteiger partial charge < -0.3 is 21.1 Å². The number of hydrogen-bond donors (Lipinski definition) is 3.